The minimum Gasteiger partial charge on any atom is -0.394 e. The summed E-state index contributed by atoms with van der Waals surface area (Å²) < 4.78 is 22.9. The van der Waals surface area contributed by atoms with Gasteiger partial charge in [0, 0.05) is 6.42 Å². The van der Waals surface area contributed by atoms with Gasteiger partial charge in [-0.1, -0.05) is 371 Å². The Hall–Kier alpha value is -1.79. The van der Waals surface area contributed by atoms with E-state index >= 15 is 0 Å². The Balaban J connectivity index is 1.63. The summed E-state index contributed by atoms with van der Waals surface area (Å²) >= 11 is 0. The lowest BCUT2D eigenvalue weighted by atomic mass is 9.97. The molecule has 566 valence electrons. The molecule has 0 bridgehead atoms. The number of hydrogen-bond acceptors (Lipinski definition) is 13. The summed E-state index contributed by atoms with van der Waals surface area (Å²) in [6.45, 7) is 2.85. The largest absolute Gasteiger partial charge is 0.394 e. The van der Waals surface area contributed by atoms with Crippen LogP contribution in [-0.4, -0.2) is 140 Å². The molecule has 0 aliphatic carbocycles. The lowest BCUT2D eigenvalue weighted by molar-refractivity contribution is -0.359. The Bertz CT molecular complexity index is 1750. The summed E-state index contributed by atoms with van der Waals surface area (Å²) in [6.07, 6.45) is 71.1. The van der Waals surface area contributed by atoms with Crippen molar-refractivity contribution in [3.63, 3.8) is 0 Å². The minimum atomic E-state index is -1.79. The van der Waals surface area contributed by atoms with Crippen LogP contribution < -0.4 is 5.32 Å². The number of allylic oxidation sites excluding steroid dienone is 5. The zero-order valence-electron chi connectivity index (χ0n) is 62.1. The van der Waals surface area contributed by atoms with Crippen LogP contribution in [-0.2, 0) is 23.7 Å². The normalized spacial score (nSPS) is 22.4. The van der Waals surface area contributed by atoms with Crippen molar-refractivity contribution in [2.45, 2.75) is 460 Å². The van der Waals surface area contributed by atoms with Crippen molar-refractivity contribution in [3.05, 3.63) is 36.5 Å². The molecule has 14 nitrogen and oxygen atoms in total. The van der Waals surface area contributed by atoms with E-state index in [1.165, 1.54) is 308 Å². The van der Waals surface area contributed by atoms with E-state index in [-0.39, 0.29) is 18.9 Å². The van der Waals surface area contributed by atoms with Crippen LogP contribution in [0.2, 0.25) is 0 Å². The highest BCUT2D eigenvalue weighted by atomic mass is 16.7. The van der Waals surface area contributed by atoms with Crippen LogP contribution in [0.3, 0.4) is 0 Å². The molecule has 12 atom stereocenters. The Labute approximate surface area is 589 Å². The SMILES string of the molecule is CCCCCCCCCCCCCCCCCCCCCCCC/C=C/CC/C=C/CC/C=C/C(O)C(COC1OC(CO)C(OC2OC(CO)C(O)C(O)C2O)C(O)C1O)NC(=O)CCCCCCCCCCCCCCCCCCCCCCCCCCCCCCCC. The van der Waals surface area contributed by atoms with E-state index in [0.717, 1.165) is 44.9 Å². The quantitative estimate of drug-likeness (QED) is 0.0204. The molecule has 12 unspecified atom stereocenters. The zero-order chi connectivity index (χ0) is 69.4. The summed E-state index contributed by atoms with van der Waals surface area (Å²) in [4.78, 5) is 13.4. The van der Waals surface area contributed by atoms with Gasteiger partial charge in [-0.25, -0.2) is 0 Å². The van der Waals surface area contributed by atoms with Crippen molar-refractivity contribution in [1.29, 1.82) is 0 Å². The van der Waals surface area contributed by atoms with Gasteiger partial charge in [0.1, 0.15) is 48.8 Å². The van der Waals surface area contributed by atoms with Gasteiger partial charge in [-0.05, 0) is 44.9 Å². The van der Waals surface area contributed by atoms with E-state index in [4.69, 9.17) is 18.9 Å². The van der Waals surface area contributed by atoms with E-state index in [2.05, 4.69) is 43.5 Å². The first-order chi connectivity index (χ1) is 47.1. The second-order valence-electron chi connectivity index (χ2n) is 29.2. The topological polar surface area (TPSA) is 228 Å². The lowest BCUT2D eigenvalue weighted by Gasteiger charge is -2.46. The lowest BCUT2D eigenvalue weighted by Crippen LogP contribution is -2.65. The van der Waals surface area contributed by atoms with Crippen LogP contribution in [0.15, 0.2) is 36.5 Å². The van der Waals surface area contributed by atoms with Gasteiger partial charge in [0.25, 0.3) is 0 Å². The molecule has 0 aromatic carbocycles. The molecule has 0 aromatic rings. The maximum absolute atomic E-state index is 13.4. The number of carbonyl (C=O) groups is 1. The first-order valence-electron chi connectivity index (χ1n) is 41.2. The fourth-order valence-electron chi connectivity index (χ4n) is 13.8. The third-order valence-corrected chi connectivity index (χ3v) is 20.3. The van der Waals surface area contributed by atoms with Gasteiger partial charge in [0.05, 0.1) is 32.0 Å². The number of unbranched alkanes of at least 4 members (excludes halogenated alkanes) is 53. The van der Waals surface area contributed by atoms with Crippen LogP contribution in [0.5, 0.6) is 0 Å². The highest BCUT2D eigenvalue weighted by molar-refractivity contribution is 5.76. The fourth-order valence-corrected chi connectivity index (χ4v) is 13.8. The first-order valence-corrected chi connectivity index (χ1v) is 41.2. The molecule has 0 saturated carbocycles. The molecule has 2 aliphatic heterocycles. The summed E-state index contributed by atoms with van der Waals surface area (Å²) in [5, 5.41) is 87.7. The molecule has 0 radical (unpaired) electrons. The van der Waals surface area contributed by atoms with E-state index in [9.17, 15) is 45.6 Å². The zero-order valence-corrected chi connectivity index (χ0v) is 62.1. The number of amides is 1. The Morgan fingerprint density at radius 3 is 1.02 bits per heavy atom. The predicted octanol–water partition coefficient (Wildman–Crippen LogP) is 18.8. The second-order valence-corrected chi connectivity index (χ2v) is 29.2. The van der Waals surface area contributed by atoms with E-state index < -0.39 is 86.8 Å². The molecule has 2 heterocycles. The number of aliphatic hydroxyl groups excluding tert-OH is 8. The fraction of sp³-hybridized carbons (Fsp3) is 0.915. The number of carbonyl (C=O) groups excluding carboxylic acids is 1. The highest BCUT2D eigenvalue weighted by Crippen LogP contribution is 2.30. The molecule has 0 aromatic heterocycles. The number of ether oxygens (including phenoxy) is 4. The van der Waals surface area contributed by atoms with Crippen LogP contribution in [0, 0.1) is 0 Å². The summed E-state index contributed by atoms with van der Waals surface area (Å²) in [6, 6.07) is -0.938. The van der Waals surface area contributed by atoms with Crippen LogP contribution in [0.4, 0.5) is 0 Å². The molecule has 9 N–H and O–H groups in total. The summed E-state index contributed by atoms with van der Waals surface area (Å²) in [5.41, 5.74) is 0. The molecule has 2 rings (SSSR count). The van der Waals surface area contributed by atoms with Gasteiger partial charge in [0.2, 0.25) is 5.91 Å². The highest BCUT2D eigenvalue weighted by Gasteiger charge is 2.51. The average Bonchev–Trinajstić information content (AvgIpc) is 0.804. The van der Waals surface area contributed by atoms with Gasteiger partial charge in [-0.15, -0.1) is 0 Å². The van der Waals surface area contributed by atoms with Crippen molar-refractivity contribution in [2.24, 2.45) is 0 Å². The van der Waals surface area contributed by atoms with Gasteiger partial charge in [-0.3, -0.25) is 4.79 Å². The van der Waals surface area contributed by atoms with Crippen LogP contribution >= 0.6 is 0 Å². The Morgan fingerprint density at radius 2 is 0.667 bits per heavy atom. The van der Waals surface area contributed by atoms with Gasteiger partial charge in [-0.2, -0.15) is 0 Å². The number of rotatable bonds is 70. The monoisotopic (exact) mass is 1360 g/mol. The third-order valence-electron chi connectivity index (χ3n) is 20.3. The van der Waals surface area contributed by atoms with Crippen molar-refractivity contribution in [1.82, 2.24) is 5.32 Å². The van der Waals surface area contributed by atoms with Crippen LogP contribution in [0.25, 0.3) is 0 Å². The Kier molecular flexibility index (Phi) is 62.5. The number of aliphatic hydroxyl groups is 8. The maximum atomic E-state index is 13.4. The van der Waals surface area contributed by atoms with Crippen molar-refractivity contribution in [2.75, 3.05) is 19.8 Å². The molecule has 0 spiro atoms. The smallest absolute Gasteiger partial charge is 0.220 e. The van der Waals surface area contributed by atoms with Gasteiger partial charge in [0.15, 0.2) is 12.6 Å². The Morgan fingerprint density at radius 1 is 0.365 bits per heavy atom. The standard InChI is InChI=1S/C82H155NO13/c1-3-5-7-9-11-13-15-17-19-21-23-25-27-29-31-33-35-36-37-39-41-43-45-47-49-51-53-55-57-59-61-63-65-71(86)70(69-93-81-79(92)77(90)80(73(68-85)95-81)96-82-78(91)76(89)75(88)72(67-84)94-82)83-74(87)66-64-62-60-58-56-54-52-50-48-46-44-42-40-38-34-32-30-28-26-24-22-20-18-16-14-12-10-8-6-4-2/h47,49,55,57,63,65,70-73,75-82,84-86,88-92H,3-46,48,50-54,56,58-62,64,66-69H2,1-2H3,(H,83,87)/b49-47+,57-55+,65-63+. The van der Waals surface area contributed by atoms with E-state index in [1.807, 2.05) is 6.08 Å². The average molecular weight is 1360 g/mol. The molecule has 1 amide bonds. The van der Waals surface area contributed by atoms with E-state index in [1.54, 1.807) is 6.08 Å². The van der Waals surface area contributed by atoms with Crippen molar-refractivity contribution >= 4 is 5.91 Å². The predicted molar refractivity (Wildman–Crippen MR) is 397 cm³/mol. The molecule has 96 heavy (non-hydrogen) atoms. The van der Waals surface area contributed by atoms with Gasteiger partial charge < -0.3 is 65.1 Å². The molecule has 2 saturated heterocycles. The van der Waals surface area contributed by atoms with Crippen molar-refractivity contribution in [3.8, 4) is 0 Å². The summed E-state index contributed by atoms with van der Waals surface area (Å²) in [7, 11) is 0. The molecule has 2 aliphatic rings. The molecule has 14 heteroatoms. The first kappa shape index (κ1) is 90.3. The molecular weight excluding hydrogens is 1210 g/mol. The second kappa shape index (κ2) is 66.4. The van der Waals surface area contributed by atoms with Crippen molar-refractivity contribution < 1.29 is 64.6 Å². The number of nitrogens with one attached hydrogen (secondary N) is 1. The number of hydrogen-bond donors (Lipinski definition) is 9. The van der Waals surface area contributed by atoms with E-state index in [0.29, 0.717) is 12.8 Å². The maximum Gasteiger partial charge on any atom is 0.220 e. The molecule has 2 fully saturated rings. The van der Waals surface area contributed by atoms with Gasteiger partial charge >= 0.3 is 0 Å². The minimum absolute atomic E-state index is 0.245. The van der Waals surface area contributed by atoms with Crippen LogP contribution in [0.1, 0.15) is 386 Å². The third kappa shape index (κ3) is 48.9. The molecular formula is C82H155NO13. The summed E-state index contributed by atoms with van der Waals surface area (Å²) in [5.74, 6) is -0.245.